The molecule has 0 saturated carbocycles. The SMILES string of the molecule is CCOC(=O)[C@@H]1C=NN(c2ccc(Cl)cc2)C1=O. The summed E-state index contributed by atoms with van der Waals surface area (Å²) in [4.78, 5) is 23.5. The third-order valence-corrected chi connectivity index (χ3v) is 2.67. The van der Waals surface area contributed by atoms with Gasteiger partial charge in [-0.05, 0) is 31.2 Å². The zero-order valence-electron chi connectivity index (χ0n) is 9.67. The molecule has 2 rings (SSSR count). The Morgan fingerprint density at radius 3 is 2.72 bits per heavy atom. The lowest BCUT2D eigenvalue weighted by Gasteiger charge is -2.13. The molecule has 1 aromatic carbocycles. The van der Waals surface area contributed by atoms with E-state index in [1.54, 1.807) is 31.2 Å². The number of halogens is 1. The number of hydrogen-bond acceptors (Lipinski definition) is 4. The van der Waals surface area contributed by atoms with Crippen LogP contribution < -0.4 is 5.01 Å². The molecule has 1 aliphatic heterocycles. The molecule has 18 heavy (non-hydrogen) atoms. The lowest BCUT2D eigenvalue weighted by atomic mass is 10.1. The fourth-order valence-corrected chi connectivity index (χ4v) is 1.68. The van der Waals surface area contributed by atoms with Crippen molar-refractivity contribution < 1.29 is 14.3 Å². The Kier molecular flexibility index (Phi) is 3.62. The number of esters is 1. The van der Waals surface area contributed by atoms with Gasteiger partial charge >= 0.3 is 5.97 Å². The lowest BCUT2D eigenvalue weighted by Crippen LogP contribution is -2.32. The van der Waals surface area contributed by atoms with Crippen LogP contribution in [0.4, 0.5) is 5.69 Å². The molecule has 1 aromatic rings. The number of nitrogens with zero attached hydrogens (tertiary/aromatic N) is 2. The molecule has 0 aromatic heterocycles. The number of anilines is 1. The minimum absolute atomic E-state index is 0.234. The van der Waals surface area contributed by atoms with E-state index in [1.807, 2.05) is 0 Å². The summed E-state index contributed by atoms with van der Waals surface area (Å²) in [6, 6.07) is 6.62. The molecular formula is C12H11ClN2O3. The first-order valence-corrected chi connectivity index (χ1v) is 5.81. The van der Waals surface area contributed by atoms with Crippen LogP contribution in [0.5, 0.6) is 0 Å². The lowest BCUT2D eigenvalue weighted by molar-refractivity contribution is -0.147. The van der Waals surface area contributed by atoms with Gasteiger partial charge in [-0.1, -0.05) is 11.6 Å². The molecule has 0 bridgehead atoms. The van der Waals surface area contributed by atoms with Crippen molar-refractivity contribution >= 4 is 35.4 Å². The van der Waals surface area contributed by atoms with E-state index in [0.717, 1.165) is 5.01 Å². The van der Waals surface area contributed by atoms with E-state index in [1.165, 1.54) is 6.21 Å². The normalized spacial score (nSPS) is 18.2. The second kappa shape index (κ2) is 5.18. The van der Waals surface area contributed by atoms with Crippen molar-refractivity contribution in [1.82, 2.24) is 0 Å². The van der Waals surface area contributed by atoms with Crippen LogP contribution in [0.2, 0.25) is 5.02 Å². The Labute approximate surface area is 109 Å². The Balaban J connectivity index is 2.15. The van der Waals surface area contributed by atoms with Crippen molar-refractivity contribution in [3.63, 3.8) is 0 Å². The number of hydrazone groups is 1. The van der Waals surface area contributed by atoms with Crippen LogP contribution in [0.3, 0.4) is 0 Å². The van der Waals surface area contributed by atoms with Gasteiger partial charge in [0.15, 0.2) is 5.92 Å². The van der Waals surface area contributed by atoms with Gasteiger partial charge in [0, 0.05) is 11.2 Å². The molecule has 0 radical (unpaired) electrons. The first-order chi connectivity index (χ1) is 8.63. The second-order valence-corrected chi connectivity index (χ2v) is 4.06. The quantitative estimate of drug-likeness (QED) is 0.620. The molecule has 1 heterocycles. The summed E-state index contributed by atoms with van der Waals surface area (Å²) in [7, 11) is 0. The summed E-state index contributed by atoms with van der Waals surface area (Å²) in [5.41, 5.74) is 0.562. The van der Waals surface area contributed by atoms with Crippen molar-refractivity contribution in [3.05, 3.63) is 29.3 Å². The van der Waals surface area contributed by atoms with Crippen LogP contribution in [0.1, 0.15) is 6.92 Å². The van der Waals surface area contributed by atoms with E-state index in [2.05, 4.69) is 5.10 Å². The van der Waals surface area contributed by atoms with Crippen LogP contribution in [-0.4, -0.2) is 24.7 Å². The molecular weight excluding hydrogens is 256 g/mol. The standard InChI is InChI=1S/C12H11ClN2O3/c1-2-18-12(17)10-7-14-15(11(10)16)9-5-3-8(13)4-6-9/h3-7,10H,2H2,1H3/t10-/m1/s1. The molecule has 0 unspecified atom stereocenters. The highest BCUT2D eigenvalue weighted by atomic mass is 35.5. The Bertz CT molecular complexity index is 499. The predicted molar refractivity (Wildman–Crippen MR) is 67.6 cm³/mol. The van der Waals surface area contributed by atoms with Gasteiger partial charge in [0.05, 0.1) is 12.3 Å². The Morgan fingerprint density at radius 1 is 1.44 bits per heavy atom. The molecule has 0 saturated heterocycles. The maximum Gasteiger partial charge on any atom is 0.324 e. The first-order valence-electron chi connectivity index (χ1n) is 5.43. The van der Waals surface area contributed by atoms with Crippen LogP contribution in [0.15, 0.2) is 29.4 Å². The van der Waals surface area contributed by atoms with E-state index in [4.69, 9.17) is 16.3 Å². The molecule has 0 N–H and O–H groups in total. The van der Waals surface area contributed by atoms with E-state index in [-0.39, 0.29) is 6.61 Å². The molecule has 6 heteroatoms. The zero-order valence-corrected chi connectivity index (χ0v) is 10.4. The summed E-state index contributed by atoms with van der Waals surface area (Å²) in [6.07, 6.45) is 1.29. The third-order valence-electron chi connectivity index (χ3n) is 2.42. The summed E-state index contributed by atoms with van der Waals surface area (Å²) in [5, 5.41) is 5.65. The fraction of sp³-hybridized carbons (Fsp3) is 0.250. The average molecular weight is 267 g/mol. The van der Waals surface area contributed by atoms with Crippen molar-refractivity contribution in [3.8, 4) is 0 Å². The van der Waals surface area contributed by atoms with E-state index in [0.29, 0.717) is 10.7 Å². The first kappa shape index (κ1) is 12.6. The van der Waals surface area contributed by atoms with Crippen LogP contribution in [0, 0.1) is 5.92 Å². The number of hydrogen-bond donors (Lipinski definition) is 0. The minimum Gasteiger partial charge on any atom is -0.465 e. The van der Waals surface area contributed by atoms with Crippen LogP contribution in [-0.2, 0) is 14.3 Å². The molecule has 0 spiro atoms. The number of rotatable bonds is 3. The molecule has 0 aliphatic carbocycles. The van der Waals surface area contributed by atoms with Gasteiger partial charge in [0.25, 0.3) is 5.91 Å². The summed E-state index contributed by atoms with van der Waals surface area (Å²) in [6.45, 7) is 1.92. The van der Waals surface area contributed by atoms with Gasteiger partial charge in [-0.3, -0.25) is 9.59 Å². The van der Waals surface area contributed by atoms with Crippen LogP contribution in [0.25, 0.3) is 0 Å². The summed E-state index contributed by atoms with van der Waals surface area (Å²) >= 11 is 5.76. The van der Waals surface area contributed by atoms with Crippen molar-refractivity contribution in [1.29, 1.82) is 0 Å². The third kappa shape index (κ3) is 2.36. The Morgan fingerprint density at radius 2 is 2.11 bits per heavy atom. The molecule has 5 nitrogen and oxygen atoms in total. The maximum atomic E-state index is 12.0. The number of amides is 1. The van der Waals surface area contributed by atoms with Gasteiger partial charge in [-0.25, -0.2) is 0 Å². The smallest absolute Gasteiger partial charge is 0.324 e. The minimum atomic E-state index is -0.958. The highest BCUT2D eigenvalue weighted by molar-refractivity contribution is 6.30. The average Bonchev–Trinajstić information content (AvgIpc) is 2.73. The van der Waals surface area contributed by atoms with Gasteiger partial charge in [0.1, 0.15) is 0 Å². The van der Waals surface area contributed by atoms with Gasteiger partial charge in [-0.2, -0.15) is 10.1 Å². The van der Waals surface area contributed by atoms with E-state index < -0.39 is 17.8 Å². The van der Waals surface area contributed by atoms with Gasteiger partial charge in [-0.15, -0.1) is 0 Å². The number of carbonyl (C=O) groups excluding carboxylic acids is 2. The predicted octanol–water partition coefficient (Wildman–Crippen LogP) is 1.85. The zero-order chi connectivity index (χ0) is 13.1. The molecule has 1 aliphatic rings. The van der Waals surface area contributed by atoms with Gasteiger partial charge < -0.3 is 4.74 Å². The summed E-state index contributed by atoms with van der Waals surface area (Å²) < 4.78 is 4.80. The molecule has 0 fully saturated rings. The highest BCUT2D eigenvalue weighted by Crippen LogP contribution is 2.23. The van der Waals surface area contributed by atoms with Crippen molar-refractivity contribution in [2.24, 2.45) is 11.0 Å². The maximum absolute atomic E-state index is 12.0. The Hall–Kier alpha value is -1.88. The highest BCUT2D eigenvalue weighted by Gasteiger charge is 2.36. The van der Waals surface area contributed by atoms with Crippen molar-refractivity contribution in [2.45, 2.75) is 6.92 Å². The van der Waals surface area contributed by atoms with E-state index in [9.17, 15) is 9.59 Å². The molecule has 1 amide bonds. The molecule has 94 valence electrons. The van der Waals surface area contributed by atoms with Gasteiger partial charge in [0.2, 0.25) is 0 Å². The van der Waals surface area contributed by atoms with Crippen LogP contribution >= 0.6 is 11.6 Å². The monoisotopic (exact) mass is 266 g/mol. The molecule has 1 atom stereocenters. The largest absolute Gasteiger partial charge is 0.465 e. The topological polar surface area (TPSA) is 59.0 Å². The number of ether oxygens (including phenoxy) is 1. The van der Waals surface area contributed by atoms with Crippen molar-refractivity contribution in [2.75, 3.05) is 11.6 Å². The fourth-order valence-electron chi connectivity index (χ4n) is 1.56. The number of carbonyl (C=O) groups is 2. The summed E-state index contributed by atoms with van der Waals surface area (Å²) in [5.74, 6) is -1.96. The number of benzene rings is 1. The second-order valence-electron chi connectivity index (χ2n) is 3.62. The van der Waals surface area contributed by atoms with E-state index >= 15 is 0 Å².